The Kier molecular flexibility index (Phi) is 4.05. The van der Waals surface area contributed by atoms with Gasteiger partial charge in [-0.25, -0.2) is 0 Å². The summed E-state index contributed by atoms with van der Waals surface area (Å²) < 4.78 is 0. The molecule has 3 heteroatoms. The quantitative estimate of drug-likeness (QED) is 0.772. The van der Waals surface area contributed by atoms with Gasteiger partial charge < -0.3 is 10.4 Å². The predicted octanol–water partition coefficient (Wildman–Crippen LogP) is 3.52. The number of carbonyl (C=O) groups excluding carboxylic acids is 1. The van der Waals surface area contributed by atoms with Crippen LogP contribution in [0.5, 0.6) is 5.75 Å². The number of hydrogen-bond donors (Lipinski definition) is 2. The molecule has 0 radical (unpaired) electrons. The van der Waals surface area contributed by atoms with Gasteiger partial charge in [0.15, 0.2) is 0 Å². The Morgan fingerprint density at radius 1 is 0.864 bits per heavy atom. The minimum Gasteiger partial charge on any atom is -0.507 e. The number of nitrogens with one attached hydrogen (secondary N) is 1. The van der Waals surface area contributed by atoms with Crippen molar-refractivity contribution in [3.63, 3.8) is 0 Å². The second-order valence-electron chi connectivity index (χ2n) is 5.17. The van der Waals surface area contributed by atoms with E-state index in [9.17, 15) is 9.90 Å². The van der Waals surface area contributed by atoms with E-state index in [1.54, 1.807) is 12.1 Å². The molecule has 3 aromatic rings. The third kappa shape index (κ3) is 2.93. The van der Waals surface area contributed by atoms with Crippen LogP contribution in [0.15, 0.2) is 66.7 Å². The molecule has 110 valence electrons. The van der Waals surface area contributed by atoms with Crippen molar-refractivity contribution in [1.29, 1.82) is 0 Å². The van der Waals surface area contributed by atoms with E-state index >= 15 is 0 Å². The molecule has 3 rings (SSSR count). The third-order valence-corrected chi connectivity index (χ3v) is 3.69. The van der Waals surface area contributed by atoms with Crippen LogP contribution in [0.2, 0.25) is 0 Å². The standard InChI is InChI=1S/C19H17NO2/c21-18-11-10-17(15-8-4-5-9-16(15)18)19(22)20-13-12-14-6-2-1-3-7-14/h1-11,21H,12-13H2,(H,20,22). The fourth-order valence-corrected chi connectivity index (χ4v) is 2.54. The molecule has 2 N–H and O–H groups in total. The molecule has 0 saturated heterocycles. The summed E-state index contributed by atoms with van der Waals surface area (Å²) in [4.78, 5) is 12.4. The summed E-state index contributed by atoms with van der Waals surface area (Å²) in [7, 11) is 0. The Labute approximate surface area is 129 Å². The van der Waals surface area contributed by atoms with Crippen molar-refractivity contribution in [2.45, 2.75) is 6.42 Å². The average Bonchev–Trinajstić information content (AvgIpc) is 2.56. The van der Waals surface area contributed by atoms with Crippen molar-refractivity contribution in [3.8, 4) is 5.75 Å². The summed E-state index contributed by atoms with van der Waals surface area (Å²) in [5, 5.41) is 14.3. The molecule has 0 atom stereocenters. The Hall–Kier alpha value is -2.81. The Balaban J connectivity index is 1.74. The van der Waals surface area contributed by atoms with Gasteiger partial charge >= 0.3 is 0 Å². The maximum absolute atomic E-state index is 12.4. The van der Waals surface area contributed by atoms with Crippen LogP contribution < -0.4 is 5.32 Å². The SMILES string of the molecule is O=C(NCCc1ccccc1)c1ccc(O)c2ccccc12. The highest BCUT2D eigenvalue weighted by Crippen LogP contribution is 2.27. The molecule has 3 nitrogen and oxygen atoms in total. The molecule has 22 heavy (non-hydrogen) atoms. The molecule has 0 spiro atoms. The zero-order valence-corrected chi connectivity index (χ0v) is 12.1. The lowest BCUT2D eigenvalue weighted by Gasteiger charge is -2.09. The van der Waals surface area contributed by atoms with E-state index in [1.165, 1.54) is 5.56 Å². The highest BCUT2D eigenvalue weighted by Gasteiger charge is 2.11. The molecule has 0 fully saturated rings. The van der Waals surface area contributed by atoms with Crippen molar-refractivity contribution in [2.24, 2.45) is 0 Å². The van der Waals surface area contributed by atoms with Crippen LogP contribution in [0.4, 0.5) is 0 Å². The molecule has 0 saturated carbocycles. The van der Waals surface area contributed by atoms with Crippen LogP contribution >= 0.6 is 0 Å². The minimum atomic E-state index is -0.118. The second kappa shape index (κ2) is 6.31. The summed E-state index contributed by atoms with van der Waals surface area (Å²) in [5.41, 5.74) is 1.78. The molecule has 0 aliphatic rings. The van der Waals surface area contributed by atoms with Gasteiger partial charge in [-0.1, -0.05) is 54.6 Å². The summed E-state index contributed by atoms with van der Waals surface area (Å²) >= 11 is 0. The molecule has 0 aromatic heterocycles. The number of amides is 1. The third-order valence-electron chi connectivity index (χ3n) is 3.69. The zero-order chi connectivity index (χ0) is 15.4. The van der Waals surface area contributed by atoms with Gasteiger partial charge in [-0.15, -0.1) is 0 Å². The lowest BCUT2D eigenvalue weighted by Crippen LogP contribution is -2.25. The fraction of sp³-hybridized carbons (Fsp3) is 0.105. The van der Waals surface area contributed by atoms with Crippen molar-refractivity contribution in [1.82, 2.24) is 5.32 Å². The first kappa shape index (κ1) is 14.1. The molecule has 3 aromatic carbocycles. The second-order valence-corrected chi connectivity index (χ2v) is 5.17. The van der Waals surface area contributed by atoms with E-state index in [0.717, 1.165) is 11.8 Å². The van der Waals surface area contributed by atoms with Gasteiger partial charge in [-0.2, -0.15) is 0 Å². The largest absolute Gasteiger partial charge is 0.507 e. The lowest BCUT2D eigenvalue weighted by molar-refractivity contribution is 0.0956. The Morgan fingerprint density at radius 3 is 2.32 bits per heavy atom. The fourth-order valence-electron chi connectivity index (χ4n) is 2.54. The van der Waals surface area contributed by atoms with Gasteiger partial charge in [-0.3, -0.25) is 4.79 Å². The number of rotatable bonds is 4. The van der Waals surface area contributed by atoms with Crippen molar-refractivity contribution >= 4 is 16.7 Å². The van der Waals surface area contributed by atoms with Crippen molar-refractivity contribution < 1.29 is 9.90 Å². The first-order valence-electron chi connectivity index (χ1n) is 7.28. The number of phenolic OH excluding ortho intramolecular Hbond substituents is 1. The van der Waals surface area contributed by atoms with Crippen LogP contribution in [0.1, 0.15) is 15.9 Å². The van der Waals surface area contributed by atoms with Gasteiger partial charge in [0.1, 0.15) is 5.75 Å². The summed E-state index contributed by atoms with van der Waals surface area (Å²) in [6, 6.07) is 20.6. The smallest absolute Gasteiger partial charge is 0.251 e. The topological polar surface area (TPSA) is 49.3 Å². The predicted molar refractivity (Wildman–Crippen MR) is 88.1 cm³/mol. The van der Waals surface area contributed by atoms with Crippen LogP contribution in [0.25, 0.3) is 10.8 Å². The molecule has 0 aliphatic heterocycles. The van der Waals surface area contributed by atoms with Crippen LogP contribution in [-0.2, 0) is 6.42 Å². The summed E-state index contributed by atoms with van der Waals surface area (Å²) in [5.74, 6) is 0.0727. The van der Waals surface area contributed by atoms with Gasteiger partial charge in [0.05, 0.1) is 0 Å². The van der Waals surface area contributed by atoms with E-state index in [2.05, 4.69) is 5.32 Å². The average molecular weight is 291 g/mol. The Bertz CT molecular complexity index is 797. The molecule has 1 amide bonds. The van der Waals surface area contributed by atoms with Gasteiger partial charge in [-0.05, 0) is 29.5 Å². The molecule has 0 aliphatic carbocycles. The summed E-state index contributed by atoms with van der Waals surface area (Å²) in [6.07, 6.45) is 0.794. The summed E-state index contributed by atoms with van der Waals surface area (Å²) in [6.45, 7) is 0.581. The highest BCUT2D eigenvalue weighted by molar-refractivity contribution is 6.08. The van der Waals surface area contributed by atoms with Crippen molar-refractivity contribution in [2.75, 3.05) is 6.54 Å². The van der Waals surface area contributed by atoms with Crippen LogP contribution in [0, 0.1) is 0 Å². The zero-order valence-electron chi connectivity index (χ0n) is 12.1. The van der Waals surface area contributed by atoms with Gasteiger partial charge in [0.25, 0.3) is 5.91 Å². The first-order valence-corrected chi connectivity index (χ1v) is 7.28. The molecule has 0 bridgehead atoms. The Morgan fingerprint density at radius 2 is 1.55 bits per heavy atom. The number of hydrogen-bond acceptors (Lipinski definition) is 2. The van der Waals surface area contributed by atoms with Crippen molar-refractivity contribution in [3.05, 3.63) is 77.9 Å². The van der Waals surface area contributed by atoms with E-state index in [4.69, 9.17) is 0 Å². The first-order chi connectivity index (χ1) is 10.8. The highest BCUT2D eigenvalue weighted by atomic mass is 16.3. The number of carbonyl (C=O) groups is 1. The van der Waals surface area contributed by atoms with E-state index in [0.29, 0.717) is 17.5 Å². The lowest BCUT2D eigenvalue weighted by atomic mass is 10.0. The molecular weight excluding hydrogens is 274 g/mol. The maximum Gasteiger partial charge on any atom is 0.251 e. The molecule has 0 heterocycles. The van der Waals surface area contributed by atoms with Gasteiger partial charge in [0.2, 0.25) is 0 Å². The number of fused-ring (bicyclic) bond motifs is 1. The van der Waals surface area contributed by atoms with E-state index < -0.39 is 0 Å². The maximum atomic E-state index is 12.4. The number of aromatic hydroxyl groups is 1. The molecule has 0 unspecified atom stereocenters. The monoisotopic (exact) mass is 291 g/mol. The van der Waals surface area contributed by atoms with Crippen LogP contribution in [0.3, 0.4) is 0 Å². The van der Waals surface area contributed by atoms with Crippen LogP contribution in [-0.4, -0.2) is 17.6 Å². The van der Waals surface area contributed by atoms with E-state index in [1.807, 2.05) is 54.6 Å². The van der Waals surface area contributed by atoms with Gasteiger partial charge in [0, 0.05) is 17.5 Å². The normalized spacial score (nSPS) is 10.5. The number of phenols is 1. The number of benzene rings is 3. The minimum absolute atomic E-state index is 0.118. The molecular formula is C19H17NO2. The van der Waals surface area contributed by atoms with E-state index in [-0.39, 0.29) is 11.7 Å².